The monoisotopic (exact) mass is 432 g/mol. The van der Waals surface area contributed by atoms with Crippen molar-refractivity contribution in [2.45, 2.75) is 20.1 Å². The summed E-state index contributed by atoms with van der Waals surface area (Å²) in [7, 11) is 0. The molecular weight excluding hydrogens is 412 g/mol. The van der Waals surface area contributed by atoms with Crippen molar-refractivity contribution in [1.82, 2.24) is 20.1 Å². The van der Waals surface area contributed by atoms with E-state index in [2.05, 4.69) is 15.4 Å². The molecule has 2 aromatic carbocycles. The first-order valence-electron chi connectivity index (χ1n) is 9.79. The molecule has 2 aromatic heterocycles. The number of benzene rings is 2. The van der Waals surface area contributed by atoms with Crippen molar-refractivity contribution in [3.8, 4) is 11.4 Å². The summed E-state index contributed by atoms with van der Waals surface area (Å²) in [6.45, 7) is 2.72. The Morgan fingerprint density at radius 1 is 1.06 bits per heavy atom. The summed E-state index contributed by atoms with van der Waals surface area (Å²) < 4.78 is 7.47. The first-order valence-corrected chi connectivity index (χ1v) is 10.2. The van der Waals surface area contributed by atoms with Gasteiger partial charge in [0.15, 0.2) is 0 Å². The molecule has 1 amide bonds. The van der Waals surface area contributed by atoms with Crippen molar-refractivity contribution in [1.29, 1.82) is 0 Å². The van der Waals surface area contributed by atoms with Crippen LogP contribution < -0.4 is 10.1 Å². The molecule has 0 fully saturated rings. The quantitative estimate of drug-likeness (QED) is 0.458. The Morgan fingerprint density at radius 3 is 2.65 bits per heavy atom. The highest BCUT2D eigenvalue weighted by Crippen LogP contribution is 2.18. The summed E-state index contributed by atoms with van der Waals surface area (Å²) >= 11 is 6.06. The van der Waals surface area contributed by atoms with Gasteiger partial charge in [-0.3, -0.25) is 9.78 Å². The SMILES string of the molecule is Cc1c(C(=O)NCc2ccc(OCc3cccnc3)cc2)cnn1-c1cccc(Cl)c1. The van der Waals surface area contributed by atoms with Crippen LogP contribution in [0.25, 0.3) is 5.69 Å². The number of nitrogens with one attached hydrogen (secondary N) is 1. The van der Waals surface area contributed by atoms with Crippen LogP contribution in [-0.2, 0) is 13.2 Å². The fourth-order valence-electron chi connectivity index (χ4n) is 3.13. The molecule has 156 valence electrons. The van der Waals surface area contributed by atoms with E-state index in [0.29, 0.717) is 23.7 Å². The Labute approximate surface area is 185 Å². The van der Waals surface area contributed by atoms with Crippen LogP contribution in [0.1, 0.15) is 27.2 Å². The molecule has 1 N–H and O–H groups in total. The summed E-state index contributed by atoms with van der Waals surface area (Å²) in [6, 6.07) is 18.8. The highest BCUT2D eigenvalue weighted by molar-refractivity contribution is 6.30. The van der Waals surface area contributed by atoms with Gasteiger partial charge in [-0.15, -0.1) is 0 Å². The zero-order chi connectivity index (χ0) is 21.6. The average molecular weight is 433 g/mol. The number of carbonyl (C=O) groups excluding carboxylic acids is 1. The maximum Gasteiger partial charge on any atom is 0.255 e. The summed E-state index contributed by atoms with van der Waals surface area (Å²) in [4.78, 5) is 16.7. The molecule has 7 heteroatoms. The van der Waals surface area contributed by atoms with Gasteiger partial charge < -0.3 is 10.1 Å². The summed E-state index contributed by atoms with van der Waals surface area (Å²) in [5, 5.41) is 7.90. The number of hydrogen-bond donors (Lipinski definition) is 1. The van der Waals surface area contributed by atoms with E-state index >= 15 is 0 Å². The number of hydrogen-bond acceptors (Lipinski definition) is 4. The standard InChI is InChI=1S/C24H21ClN4O2/c1-17-23(15-28-29(17)21-6-2-5-20(25)12-21)24(30)27-14-18-7-9-22(10-8-18)31-16-19-4-3-11-26-13-19/h2-13,15H,14,16H2,1H3,(H,27,30). The number of pyridine rings is 1. The first kappa shape index (κ1) is 20.6. The van der Waals surface area contributed by atoms with Gasteiger partial charge in [-0.2, -0.15) is 5.10 Å². The lowest BCUT2D eigenvalue weighted by atomic mass is 10.2. The van der Waals surface area contributed by atoms with Crippen molar-refractivity contribution in [3.05, 3.63) is 107 Å². The molecule has 6 nitrogen and oxygen atoms in total. The van der Waals surface area contributed by atoms with Gasteiger partial charge in [-0.25, -0.2) is 4.68 Å². The Balaban J connectivity index is 1.34. The topological polar surface area (TPSA) is 69.0 Å². The molecule has 31 heavy (non-hydrogen) atoms. The van der Waals surface area contributed by atoms with Gasteiger partial charge in [0.1, 0.15) is 12.4 Å². The van der Waals surface area contributed by atoms with Crippen LogP contribution in [0.2, 0.25) is 5.02 Å². The molecule has 4 rings (SSSR count). The van der Waals surface area contributed by atoms with Gasteiger partial charge >= 0.3 is 0 Å². The maximum atomic E-state index is 12.7. The van der Waals surface area contributed by atoms with E-state index in [1.165, 1.54) is 0 Å². The number of aromatic nitrogens is 3. The Morgan fingerprint density at radius 2 is 1.90 bits per heavy atom. The molecular formula is C24H21ClN4O2. The van der Waals surface area contributed by atoms with E-state index < -0.39 is 0 Å². The van der Waals surface area contributed by atoms with Crippen molar-refractivity contribution in [2.24, 2.45) is 0 Å². The number of ether oxygens (including phenoxy) is 1. The predicted octanol–water partition coefficient (Wildman–Crippen LogP) is 4.74. The highest BCUT2D eigenvalue weighted by Gasteiger charge is 2.15. The van der Waals surface area contributed by atoms with Gasteiger partial charge in [-0.05, 0) is 48.9 Å². The molecule has 0 aliphatic heterocycles. The molecule has 0 bridgehead atoms. The number of rotatable bonds is 7. The van der Waals surface area contributed by atoms with E-state index in [-0.39, 0.29) is 5.91 Å². The summed E-state index contributed by atoms with van der Waals surface area (Å²) in [6.07, 6.45) is 5.08. The lowest BCUT2D eigenvalue weighted by molar-refractivity contribution is 0.0950. The smallest absolute Gasteiger partial charge is 0.255 e. The molecule has 0 radical (unpaired) electrons. The third-order valence-electron chi connectivity index (χ3n) is 4.81. The third kappa shape index (κ3) is 5.10. The Hall–Kier alpha value is -3.64. The second kappa shape index (κ2) is 9.45. The zero-order valence-corrected chi connectivity index (χ0v) is 17.7. The van der Waals surface area contributed by atoms with Crippen molar-refractivity contribution >= 4 is 17.5 Å². The second-order valence-electron chi connectivity index (χ2n) is 7.01. The second-order valence-corrected chi connectivity index (χ2v) is 7.45. The number of nitrogens with zero attached hydrogens (tertiary/aromatic N) is 3. The normalized spacial score (nSPS) is 10.6. The first-order chi connectivity index (χ1) is 15.1. The number of carbonyl (C=O) groups is 1. The summed E-state index contributed by atoms with van der Waals surface area (Å²) in [5.41, 5.74) is 4.07. The van der Waals surface area contributed by atoms with Crippen molar-refractivity contribution in [2.75, 3.05) is 0 Å². The van der Waals surface area contributed by atoms with Crippen LogP contribution >= 0.6 is 11.6 Å². The molecule has 4 aromatic rings. The van der Waals surface area contributed by atoms with E-state index in [0.717, 1.165) is 28.3 Å². The molecule has 2 heterocycles. The zero-order valence-electron chi connectivity index (χ0n) is 17.0. The van der Waals surface area contributed by atoms with Crippen LogP contribution in [-0.4, -0.2) is 20.7 Å². The average Bonchev–Trinajstić information content (AvgIpc) is 3.19. The fraction of sp³-hybridized carbons (Fsp3) is 0.125. The lowest BCUT2D eigenvalue weighted by Crippen LogP contribution is -2.23. The molecule has 0 aliphatic carbocycles. The van der Waals surface area contributed by atoms with Gasteiger partial charge in [0.05, 0.1) is 23.1 Å². The molecule has 0 unspecified atom stereocenters. The Kier molecular flexibility index (Phi) is 6.29. The van der Waals surface area contributed by atoms with Crippen LogP contribution in [0.3, 0.4) is 0 Å². The van der Waals surface area contributed by atoms with Crippen LogP contribution in [0.5, 0.6) is 5.75 Å². The van der Waals surface area contributed by atoms with Crippen molar-refractivity contribution in [3.63, 3.8) is 0 Å². The summed E-state index contributed by atoms with van der Waals surface area (Å²) in [5.74, 6) is 0.584. The van der Waals surface area contributed by atoms with Gasteiger partial charge in [0, 0.05) is 29.5 Å². The minimum Gasteiger partial charge on any atom is -0.489 e. The highest BCUT2D eigenvalue weighted by atomic mass is 35.5. The van der Waals surface area contributed by atoms with E-state index in [4.69, 9.17) is 16.3 Å². The van der Waals surface area contributed by atoms with Crippen LogP contribution in [0, 0.1) is 6.92 Å². The van der Waals surface area contributed by atoms with E-state index in [1.54, 1.807) is 35.4 Å². The van der Waals surface area contributed by atoms with E-state index in [1.807, 2.05) is 55.5 Å². The fourth-order valence-corrected chi connectivity index (χ4v) is 3.32. The lowest BCUT2D eigenvalue weighted by Gasteiger charge is -2.09. The third-order valence-corrected chi connectivity index (χ3v) is 5.05. The largest absolute Gasteiger partial charge is 0.489 e. The number of halogens is 1. The van der Waals surface area contributed by atoms with Crippen molar-refractivity contribution < 1.29 is 9.53 Å². The van der Waals surface area contributed by atoms with Crippen LogP contribution in [0.4, 0.5) is 0 Å². The maximum absolute atomic E-state index is 12.7. The minimum absolute atomic E-state index is 0.178. The van der Waals surface area contributed by atoms with E-state index in [9.17, 15) is 4.79 Å². The predicted molar refractivity (Wildman–Crippen MR) is 119 cm³/mol. The molecule has 0 atom stereocenters. The molecule has 0 spiro atoms. The molecule has 0 saturated heterocycles. The van der Waals surface area contributed by atoms with Gasteiger partial charge in [-0.1, -0.05) is 35.9 Å². The van der Waals surface area contributed by atoms with Gasteiger partial charge in [0.2, 0.25) is 0 Å². The van der Waals surface area contributed by atoms with Crippen LogP contribution in [0.15, 0.2) is 79.3 Å². The molecule has 0 saturated carbocycles. The van der Waals surface area contributed by atoms with Gasteiger partial charge in [0.25, 0.3) is 5.91 Å². The minimum atomic E-state index is -0.178. The number of amides is 1. The molecule has 0 aliphatic rings. The Bertz CT molecular complexity index is 1170.